The molecule has 6 nitrogen and oxygen atoms in total. The lowest BCUT2D eigenvalue weighted by Crippen LogP contribution is -2.31. The first-order chi connectivity index (χ1) is 9.16. The van der Waals surface area contributed by atoms with Crippen LogP contribution in [0.5, 0.6) is 0 Å². The van der Waals surface area contributed by atoms with Crippen LogP contribution in [-0.4, -0.2) is 53.0 Å². The van der Waals surface area contributed by atoms with E-state index in [-0.39, 0.29) is 5.91 Å². The summed E-state index contributed by atoms with van der Waals surface area (Å²) in [5, 5.41) is 11.0. The first-order valence-corrected chi connectivity index (χ1v) is 6.07. The standard InChI is InChI=1S/C13H17N5O/c1-17(2)9-8-14-13(19)12-10-15-18(16-12)11-6-4-3-5-7-11/h3-7,10H,8-9H2,1-2H3,(H,14,19). The highest BCUT2D eigenvalue weighted by molar-refractivity contribution is 5.91. The van der Waals surface area contributed by atoms with E-state index in [0.717, 1.165) is 12.2 Å². The molecule has 0 spiro atoms. The molecule has 0 aliphatic heterocycles. The Labute approximate surface area is 112 Å². The van der Waals surface area contributed by atoms with Gasteiger partial charge in [-0.3, -0.25) is 4.79 Å². The van der Waals surface area contributed by atoms with Crippen LogP contribution in [-0.2, 0) is 0 Å². The zero-order valence-electron chi connectivity index (χ0n) is 11.1. The smallest absolute Gasteiger partial charge is 0.273 e. The summed E-state index contributed by atoms with van der Waals surface area (Å²) in [6.07, 6.45) is 1.47. The van der Waals surface area contributed by atoms with Crippen LogP contribution in [0.25, 0.3) is 5.69 Å². The van der Waals surface area contributed by atoms with Crippen molar-refractivity contribution in [3.8, 4) is 5.69 Å². The number of rotatable bonds is 5. The molecule has 0 aliphatic carbocycles. The van der Waals surface area contributed by atoms with Crippen molar-refractivity contribution in [2.75, 3.05) is 27.2 Å². The van der Waals surface area contributed by atoms with E-state index < -0.39 is 0 Å². The van der Waals surface area contributed by atoms with Crippen molar-refractivity contribution in [1.29, 1.82) is 0 Å². The molecular formula is C13H17N5O. The Kier molecular flexibility index (Phi) is 4.25. The van der Waals surface area contributed by atoms with Gasteiger partial charge < -0.3 is 10.2 Å². The summed E-state index contributed by atoms with van der Waals surface area (Å²) in [4.78, 5) is 15.3. The maximum atomic E-state index is 11.8. The van der Waals surface area contributed by atoms with E-state index in [0.29, 0.717) is 12.2 Å². The lowest BCUT2D eigenvalue weighted by Gasteiger charge is -2.09. The fourth-order valence-electron chi connectivity index (χ4n) is 1.54. The normalized spacial score (nSPS) is 10.7. The number of nitrogens with one attached hydrogen (secondary N) is 1. The van der Waals surface area contributed by atoms with Crippen LogP contribution in [0.15, 0.2) is 36.5 Å². The van der Waals surface area contributed by atoms with Crippen molar-refractivity contribution in [3.63, 3.8) is 0 Å². The molecule has 1 N–H and O–H groups in total. The third kappa shape index (κ3) is 3.62. The molecule has 2 aromatic rings. The van der Waals surface area contributed by atoms with Gasteiger partial charge in [0.25, 0.3) is 5.91 Å². The van der Waals surface area contributed by atoms with Gasteiger partial charge >= 0.3 is 0 Å². The van der Waals surface area contributed by atoms with Gasteiger partial charge in [0.05, 0.1) is 11.9 Å². The van der Waals surface area contributed by atoms with E-state index in [4.69, 9.17) is 0 Å². The molecule has 0 aliphatic rings. The predicted octanol–water partition coefficient (Wildman–Crippen LogP) is 0.559. The lowest BCUT2D eigenvalue weighted by molar-refractivity contribution is 0.0945. The summed E-state index contributed by atoms with van der Waals surface area (Å²) < 4.78 is 0. The fraction of sp³-hybridized carbons (Fsp3) is 0.308. The monoisotopic (exact) mass is 259 g/mol. The Balaban J connectivity index is 1.99. The van der Waals surface area contributed by atoms with Crippen molar-refractivity contribution in [2.45, 2.75) is 0 Å². The van der Waals surface area contributed by atoms with Crippen molar-refractivity contribution in [2.24, 2.45) is 0 Å². The van der Waals surface area contributed by atoms with Gasteiger partial charge in [-0.15, -0.1) is 5.10 Å². The lowest BCUT2D eigenvalue weighted by atomic mass is 10.3. The first-order valence-electron chi connectivity index (χ1n) is 6.07. The van der Waals surface area contributed by atoms with Gasteiger partial charge in [-0.1, -0.05) is 18.2 Å². The number of hydrogen-bond donors (Lipinski definition) is 1. The molecule has 0 radical (unpaired) electrons. The van der Waals surface area contributed by atoms with Crippen molar-refractivity contribution in [3.05, 3.63) is 42.2 Å². The van der Waals surface area contributed by atoms with Gasteiger partial charge in [-0.25, -0.2) is 0 Å². The van der Waals surface area contributed by atoms with Gasteiger partial charge in [0, 0.05) is 13.1 Å². The van der Waals surface area contributed by atoms with E-state index >= 15 is 0 Å². The minimum absolute atomic E-state index is 0.205. The SMILES string of the molecule is CN(C)CCNC(=O)c1cnn(-c2ccccc2)n1. The van der Waals surface area contributed by atoms with Crippen LogP contribution >= 0.6 is 0 Å². The van der Waals surface area contributed by atoms with Crippen molar-refractivity contribution in [1.82, 2.24) is 25.2 Å². The Morgan fingerprint density at radius 3 is 2.74 bits per heavy atom. The number of hydrogen-bond acceptors (Lipinski definition) is 4. The van der Waals surface area contributed by atoms with E-state index in [1.54, 1.807) is 0 Å². The Morgan fingerprint density at radius 2 is 2.05 bits per heavy atom. The van der Waals surface area contributed by atoms with Crippen LogP contribution in [0.1, 0.15) is 10.5 Å². The highest BCUT2D eigenvalue weighted by Gasteiger charge is 2.10. The quantitative estimate of drug-likeness (QED) is 0.852. The van der Waals surface area contributed by atoms with E-state index in [9.17, 15) is 4.79 Å². The minimum Gasteiger partial charge on any atom is -0.349 e. The Bertz CT molecular complexity index is 535. The average molecular weight is 259 g/mol. The van der Waals surface area contributed by atoms with Gasteiger partial charge in [0.2, 0.25) is 0 Å². The zero-order chi connectivity index (χ0) is 13.7. The van der Waals surface area contributed by atoms with Gasteiger partial charge in [-0.05, 0) is 26.2 Å². The van der Waals surface area contributed by atoms with Crippen LogP contribution in [0.3, 0.4) is 0 Å². The molecule has 1 heterocycles. The number of aromatic nitrogens is 3. The van der Waals surface area contributed by atoms with Crippen molar-refractivity contribution >= 4 is 5.91 Å². The molecule has 2 rings (SSSR count). The van der Waals surface area contributed by atoms with E-state index in [1.165, 1.54) is 11.0 Å². The zero-order valence-corrected chi connectivity index (χ0v) is 11.1. The second kappa shape index (κ2) is 6.10. The number of likely N-dealkylation sites (N-methyl/N-ethyl adjacent to an activating group) is 1. The van der Waals surface area contributed by atoms with Crippen LogP contribution in [0, 0.1) is 0 Å². The number of carbonyl (C=O) groups is 1. The predicted molar refractivity (Wildman–Crippen MR) is 72.2 cm³/mol. The van der Waals surface area contributed by atoms with Crippen LogP contribution in [0.4, 0.5) is 0 Å². The molecule has 1 aromatic carbocycles. The summed E-state index contributed by atoms with van der Waals surface area (Å²) in [7, 11) is 3.91. The first kappa shape index (κ1) is 13.2. The Morgan fingerprint density at radius 1 is 1.32 bits per heavy atom. The highest BCUT2D eigenvalue weighted by Crippen LogP contribution is 2.03. The molecule has 0 atom stereocenters. The minimum atomic E-state index is -0.205. The maximum Gasteiger partial charge on any atom is 0.273 e. The molecule has 0 unspecified atom stereocenters. The average Bonchev–Trinajstić information content (AvgIpc) is 2.89. The van der Waals surface area contributed by atoms with Crippen molar-refractivity contribution < 1.29 is 4.79 Å². The molecule has 0 saturated heterocycles. The number of amides is 1. The molecule has 0 saturated carbocycles. The summed E-state index contributed by atoms with van der Waals surface area (Å²) in [6.45, 7) is 1.38. The Hall–Kier alpha value is -2.21. The molecule has 1 amide bonds. The highest BCUT2D eigenvalue weighted by atomic mass is 16.2. The van der Waals surface area contributed by atoms with E-state index in [2.05, 4.69) is 15.5 Å². The molecule has 19 heavy (non-hydrogen) atoms. The molecule has 100 valence electrons. The van der Waals surface area contributed by atoms with E-state index in [1.807, 2.05) is 49.3 Å². The van der Waals surface area contributed by atoms with Gasteiger partial charge in [0.15, 0.2) is 5.69 Å². The molecule has 6 heteroatoms. The number of para-hydroxylation sites is 1. The number of nitrogens with zero attached hydrogens (tertiary/aromatic N) is 4. The molecule has 0 bridgehead atoms. The number of carbonyl (C=O) groups excluding carboxylic acids is 1. The molecule has 1 aromatic heterocycles. The fourth-order valence-corrected chi connectivity index (χ4v) is 1.54. The van der Waals surface area contributed by atoms with Crippen LogP contribution < -0.4 is 5.32 Å². The summed E-state index contributed by atoms with van der Waals surface area (Å²) in [6, 6.07) is 9.48. The van der Waals surface area contributed by atoms with Gasteiger partial charge in [-0.2, -0.15) is 9.90 Å². The van der Waals surface area contributed by atoms with Gasteiger partial charge in [0.1, 0.15) is 0 Å². The second-order valence-electron chi connectivity index (χ2n) is 4.41. The largest absolute Gasteiger partial charge is 0.349 e. The summed E-state index contributed by atoms with van der Waals surface area (Å²) >= 11 is 0. The third-order valence-electron chi connectivity index (χ3n) is 2.56. The number of benzene rings is 1. The third-order valence-corrected chi connectivity index (χ3v) is 2.56. The molecular weight excluding hydrogens is 242 g/mol. The second-order valence-corrected chi connectivity index (χ2v) is 4.41. The van der Waals surface area contributed by atoms with Crippen LogP contribution in [0.2, 0.25) is 0 Å². The molecule has 0 fully saturated rings. The summed E-state index contributed by atoms with van der Waals surface area (Å²) in [5.74, 6) is -0.205. The summed E-state index contributed by atoms with van der Waals surface area (Å²) in [5.41, 5.74) is 1.15. The topological polar surface area (TPSA) is 63.1 Å². The maximum absolute atomic E-state index is 11.8.